The highest BCUT2D eigenvalue weighted by molar-refractivity contribution is 14.0. The number of hydrogen-bond acceptors (Lipinski definition) is 4. The Balaban J connectivity index is 0.00000420. The number of para-hydroxylation sites is 1. The standard InChI is InChI=1S/C21H34N4O3.HI/c1-4-27-16-8-13-22-21(23-17-20(26)24(2)3)25-14-11-19(12-15-25)28-18-9-6-5-7-10-18;/h5-7,9-10,19H,4,8,11-17H2,1-3H3,(H,22,23);1H. The van der Waals surface area contributed by atoms with Gasteiger partial charge in [-0.1, -0.05) is 18.2 Å². The van der Waals surface area contributed by atoms with Gasteiger partial charge in [0.25, 0.3) is 0 Å². The molecule has 0 aliphatic carbocycles. The maximum atomic E-state index is 11.9. The first-order chi connectivity index (χ1) is 13.6. The number of aliphatic imine (C=N–C) groups is 1. The minimum Gasteiger partial charge on any atom is -0.490 e. The summed E-state index contributed by atoms with van der Waals surface area (Å²) in [6.45, 7) is 6.08. The second kappa shape index (κ2) is 14.4. The third-order valence-corrected chi connectivity index (χ3v) is 4.60. The molecule has 2 rings (SSSR count). The molecule has 1 amide bonds. The predicted molar refractivity (Wildman–Crippen MR) is 127 cm³/mol. The SMILES string of the molecule is CCOCCCNC(=NCC(=O)N(C)C)N1CCC(Oc2ccccc2)CC1.I. The van der Waals surface area contributed by atoms with Crippen molar-refractivity contribution in [3.63, 3.8) is 0 Å². The van der Waals surface area contributed by atoms with Gasteiger partial charge in [-0.3, -0.25) is 4.79 Å². The zero-order valence-corrected chi connectivity index (χ0v) is 20.1. The lowest BCUT2D eigenvalue weighted by Gasteiger charge is -2.34. The number of benzene rings is 1. The van der Waals surface area contributed by atoms with Crippen LogP contribution in [0.4, 0.5) is 0 Å². The van der Waals surface area contributed by atoms with E-state index in [9.17, 15) is 4.79 Å². The number of guanidine groups is 1. The van der Waals surface area contributed by atoms with Crippen LogP contribution in [-0.2, 0) is 9.53 Å². The summed E-state index contributed by atoms with van der Waals surface area (Å²) in [4.78, 5) is 20.3. The number of likely N-dealkylation sites (N-methyl/N-ethyl adjacent to an activating group) is 1. The molecule has 8 heteroatoms. The molecular formula is C21H35IN4O3. The van der Waals surface area contributed by atoms with E-state index >= 15 is 0 Å². The van der Waals surface area contributed by atoms with Gasteiger partial charge >= 0.3 is 0 Å². The maximum Gasteiger partial charge on any atom is 0.243 e. The highest BCUT2D eigenvalue weighted by Gasteiger charge is 2.23. The van der Waals surface area contributed by atoms with Gasteiger partial charge in [-0.25, -0.2) is 4.99 Å². The van der Waals surface area contributed by atoms with Crippen LogP contribution >= 0.6 is 24.0 Å². The molecule has 0 unspecified atom stereocenters. The Morgan fingerprint density at radius 1 is 1.24 bits per heavy atom. The molecule has 0 radical (unpaired) electrons. The van der Waals surface area contributed by atoms with E-state index in [0.717, 1.165) is 63.8 Å². The average Bonchev–Trinajstić information content (AvgIpc) is 2.71. The number of likely N-dealkylation sites (tertiary alicyclic amines) is 1. The van der Waals surface area contributed by atoms with Gasteiger partial charge in [0.2, 0.25) is 5.91 Å². The van der Waals surface area contributed by atoms with Gasteiger partial charge in [-0.2, -0.15) is 0 Å². The second-order valence-electron chi connectivity index (χ2n) is 7.02. The summed E-state index contributed by atoms with van der Waals surface area (Å²) < 4.78 is 11.5. The number of amides is 1. The smallest absolute Gasteiger partial charge is 0.243 e. The second-order valence-corrected chi connectivity index (χ2v) is 7.02. The van der Waals surface area contributed by atoms with E-state index in [4.69, 9.17) is 9.47 Å². The van der Waals surface area contributed by atoms with Crippen LogP contribution in [0.25, 0.3) is 0 Å². The fraction of sp³-hybridized carbons (Fsp3) is 0.619. The summed E-state index contributed by atoms with van der Waals surface area (Å²) in [7, 11) is 3.50. The molecule has 1 heterocycles. The highest BCUT2D eigenvalue weighted by atomic mass is 127. The molecule has 0 saturated carbocycles. The van der Waals surface area contributed by atoms with E-state index in [1.807, 2.05) is 37.3 Å². The van der Waals surface area contributed by atoms with Gasteiger partial charge < -0.3 is 24.6 Å². The first kappa shape index (κ1) is 25.5. The number of nitrogens with zero attached hydrogens (tertiary/aromatic N) is 3. The Morgan fingerprint density at radius 3 is 2.55 bits per heavy atom. The molecule has 1 aliphatic heterocycles. The molecule has 1 aromatic rings. The number of ether oxygens (including phenoxy) is 2. The molecule has 0 spiro atoms. The van der Waals surface area contributed by atoms with Crippen LogP contribution < -0.4 is 10.1 Å². The van der Waals surface area contributed by atoms with Crippen LogP contribution in [0.2, 0.25) is 0 Å². The largest absolute Gasteiger partial charge is 0.490 e. The lowest BCUT2D eigenvalue weighted by Crippen LogP contribution is -2.48. The summed E-state index contributed by atoms with van der Waals surface area (Å²) in [6, 6.07) is 9.95. The van der Waals surface area contributed by atoms with Crippen LogP contribution in [0.3, 0.4) is 0 Å². The first-order valence-corrected chi connectivity index (χ1v) is 10.1. The van der Waals surface area contributed by atoms with E-state index in [1.165, 1.54) is 0 Å². The highest BCUT2D eigenvalue weighted by Crippen LogP contribution is 2.18. The Bertz CT molecular complexity index is 605. The number of hydrogen-bond donors (Lipinski definition) is 1. The van der Waals surface area contributed by atoms with E-state index in [-0.39, 0.29) is 42.5 Å². The van der Waals surface area contributed by atoms with Crippen molar-refractivity contribution in [3.8, 4) is 5.75 Å². The Hall–Kier alpha value is -1.55. The number of nitrogens with one attached hydrogen (secondary N) is 1. The number of carbonyl (C=O) groups is 1. The molecule has 0 aromatic heterocycles. The Morgan fingerprint density at radius 2 is 1.93 bits per heavy atom. The lowest BCUT2D eigenvalue weighted by atomic mass is 10.1. The average molecular weight is 518 g/mol. The fourth-order valence-corrected chi connectivity index (χ4v) is 2.95. The molecule has 1 saturated heterocycles. The monoisotopic (exact) mass is 518 g/mol. The van der Waals surface area contributed by atoms with Crippen LogP contribution in [0.1, 0.15) is 26.2 Å². The van der Waals surface area contributed by atoms with Crippen molar-refractivity contribution in [1.29, 1.82) is 0 Å². The van der Waals surface area contributed by atoms with E-state index in [1.54, 1.807) is 19.0 Å². The Labute approximate surface area is 191 Å². The van der Waals surface area contributed by atoms with Gasteiger partial charge in [0, 0.05) is 59.8 Å². The van der Waals surface area contributed by atoms with Crippen molar-refractivity contribution in [2.75, 3.05) is 53.5 Å². The van der Waals surface area contributed by atoms with E-state index < -0.39 is 0 Å². The molecule has 164 valence electrons. The molecule has 29 heavy (non-hydrogen) atoms. The van der Waals surface area contributed by atoms with Crippen molar-refractivity contribution >= 4 is 35.8 Å². The zero-order chi connectivity index (χ0) is 20.2. The zero-order valence-electron chi connectivity index (χ0n) is 17.8. The van der Waals surface area contributed by atoms with Crippen LogP contribution in [0.5, 0.6) is 5.75 Å². The minimum absolute atomic E-state index is 0. The number of halogens is 1. The van der Waals surface area contributed by atoms with Crippen LogP contribution in [0, 0.1) is 0 Å². The van der Waals surface area contributed by atoms with Gasteiger partial charge in [-0.15, -0.1) is 24.0 Å². The number of carbonyl (C=O) groups excluding carboxylic acids is 1. The third kappa shape index (κ3) is 9.66. The molecule has 1 N–H and O–H groups in total. The van der Waals surface area contributed by atoms with Crippen molar-refractivity contribution in [1.82, 2.24) is 15.1 Å². The summed E-state index contributed by atoms with van der Waals surface area (Å²) in [6.07, 6.45) is 2.97. The summed E-state index contributed by atoms with van der Waals surface area (Å²) in [5.41, 5.74) is 0. The molecular weight excluding hydrogens is 483 g/mol. The van der Waals surface area contributed by atoms with Gasteiger partial charge in [0.05, 0.1) is 0 Å². The molecule has 0 atom stereocenters. The summed E-state index contributed by atoms with van der Waals surface area (Å²) in [5.74, 6) is 1.71. The van der Waals surface area contributed by atoms with Crippen molar-refractivity contribution in [2.24, 2.45) is 4.99 Å². The summed E-state index contributed by atoms with van der Waals surface area (Å²) >= 11 is 0. The van der Waals surface area contributed by atoms with Gasteiger partial charge in [0.1, 0.15) is 18.4 Å². The molecule has 1 aliphatic rings. The van der Waals surface area contributed by atoms with Crippen molar-refractivity contribution in [3.05, 3.63) is 30.3 Å². The Kier molecular flexibility index (Phi) is 12.7. The van der Waals surface area contributed by atoms with Gasteiger partial charge in [-0.05, 0) is 25.5 Å². The van der Waals surface area contributed by atoms with Crippen molar-refractivity contribution < 1.29 is 14.3 Å². The lowest BCUT2D eigenvalue weighted by molar-refractivity contribution is -0.127. The van der Waals surface area contributed by atoms with Crippen LogP contribution in [-0.4, -0.2) is 81.3 Å². The first-order valence-electron chi connectivity index (χ1n) is 10.1. The van der Waals surface area contributed by atoms with Crippen LogP contribution in [0.15, 0.2) is 35.3 Å². The van der Waals surface area contributed by atoms with Crippen molar-refractivity contribution in [2.45, 2.75) is 32.3 Å². The number of rotatable bonds is 9. The quantitative estimate of drug-likeness (QED) is 0.236. The van der Waals surface area contributed by atoms with E-state index in [0.29, 0.717) is 0 Å². The van der Waals surface area contributed by atoms with E-state index in [2.05, 4.69) is 15.2 Å². The predicted octanol–water partition coefficient (Wildman–Crippen LogP) is 2.61. The maximum absolute atomic E-state index is 11.9. The molecule has 0 bridgehead atoms. The fourth-order valence-electron chi connectivity index (χ4n) is 2.95. The molecule has 1 fully saturated rings. The molecule has 1 aromatic carbocycles. The summed E-state index contributed by atoms with van der Waals surface area (Å²) in [5, 5.41) is 3.39. The normalized spacial score (nSPS) is 14.9. The third-order valence-electron chi connectivity index (χ3n) is 4.60. The topological polar surface area (TPSA) is 66.4 Å². The molecule has 7 nitrogen and oxygen atoms in total. The van der Waals surface area contributed by atoms with Gasteiger partial charge in [0.15, 0.2) is 5.96 Å². The minimum atomic E-state index is -0.00378. The number of piperidine rings is 1.